The number of rotatable bonds is 4. The average molecular weight is 421 g/mol. The number of benzene rings is 3. The molecule has 3 aromatic carbocycles. The molecule has 0 aliphatic heterocycles. The highest BCUT2D eigenvalue weighted by Crippen LogP contribution is 2.37. The van der Waals surface area contributed by atoms with Gasteiger partial charge in [-0.05, 0) is 42.8 Å². The molecular weight excluding hydrogens is 400 g/mol. The zero-order valence-electron chi connectivity index (χ0n) is 17.0. The van der Waals surface area contributed by atoms with Crippen molar-refractivity contribution in [3.05, 3.63) is 85.2 Å². The monoisotopic (exact) mass is 420 g/mol. The van der Waals surface area contributed by atoms with E-state index < -0.39 is 0 Å². The minimum Gasteiger partial charge on any atom is -0.341 e. The molecule has 0 unspecified atom stereocenters. The van der Waals surface area contributed by atoms with E-state index in [0.29, 0.717) is 0 Å². The first-order chi connectivity index (χ1) is 15.3. The number of hydrogen-bond donors (Lipinski definition) is 1. The van der Waals surface area contributed by atoms with Crippen molar-refractivity contribution in [2.24, 2.45) is 0 Å². The number of hydrogen-bond acceptors (Lipinski definition) is 4. The van der Waals surface area contributed by atoms with Crippen molar-refractivity contribution in [3.8, 4) is 10.4 Å². The Kier molecular flexibility index (Phi) is 4.21. The largest absolute Gasteiger partial charge is 0.341 e. The lowest BCUT2D eigenvalue weighted by atomic mass is 10.1. The third kappa shape index (κ3) is 2.97. The van der Waals surface area contributed by atoms with Crippen molar-refractivity contribution < 1.29 is 0 Å². The summed E-state index contributed by atoms with van der Waals surface area (Å²) < 4.78 is 3.43. The van der Waals surface area contributed by atoms with Crippen molar-refractivity contribution >= 4 is 54.9 Å². The molecule has 0 fully saturated rings. The molecule has 4 nitrogen and oxygen atoms in total. The van der Waals surface area contributed by atoms with Crippen LogP contribution in [0.15, 0.2) is 85.2 Å². The second-order valence-corrected chi connectivity index (χ2v) is 8.58. The second-order valence-electron chi connectivity index (χ2n) is 7.53. The molecule has 31 heavy (non-hydrogen) atoms. The topological polar surface area (TPSA) is 42.7 Å². The Morgan fingerprint density at radius 1 is 0.839 bits per heavy atom. The zero-order valence-corrected chi connectivity index (χ0v) is 17.9. The SMILES string of the molecule is CCn1c2ccccc2c2cc(Nc3ncnc4cc(-c5ccccc5)sc34)ccc21. The van der Waals surface area contributed by atoms with Gasteiger partial charge in [0.2, 0.25) is 0 Å². The Morgan fingerprint density at radius 3 is 2.52 bits per heavy atom. The lowest BCUT2D eigenvalue weighted by Crippen LogP contribution is -1.95. The predicted octanol–water partition coefficient (Wildman–Crippen LogP) is 7.23. The first kappa shape index (κ1) is 18.1. The van der Waals surface area contributed by atoms with Crippen LogP contribution in [0.2, 0.25) is 0 Å². The van der Waals surface area contributed by atoms with Gasteiger partial charge in [-0.25, -0.2) is 9.97 Å². The summed E-state index contributed by atoms with van der Waals surface area (Å²) in [6.45, 7) is 3.14. The molecule has 3 heterocycles. The van der Waals surface area contributed by atoms with E-state index in [4.69, 9.17) is 0 Å². The molecule has 5 heteroatoms. The van der Waals surface area contributed by atoms with Crippen LogP contribution in [0.4, 0.5) is 11.5 Å². The molecule has 0 aliphatic carbocycles. The Labute approximate surface area is 183 Å². The molecular formula is C26H20N4S. The highest BCUT2D eigenvalue weighted by Gasteiger charge is 2.13. The number of nitrogens with one attached hydrogen (secondary N) is 1. The van der Waals surface area contributed by atoms with E-state index in [1.54, 1.807) is 17.7 Å². The fourth-order valence-corrected chi connectivity index (χ4v) is 5.36. The van der Waals surface area contributed by atoms with Gasteiger partial charge in [0.05, 0.1) is 10.2 Å². The van der Waals surface area contributed by atoms with E-state index in [2.05, 4.69) is 99.6 Å². The van der Waals surface area contributed by atoms with Gasteiger partial charge in [-0.2, -0.15) is 0 Å². The summed E-state index contributed by atoms with van der Waals surface area (Å²) in [5, 5.41) is 6.08. The van der Waals surface area contributed by atoms with E-state index in [1.165, 1.54) is 32.2 Å². The van der Waals surface area contributed by atoms with Crippen molar-refractivity contribution in [1.82, 2.24) is 14.5 Å². The highest BCUT2D eigenvalue weighted by molar-refractivity contribution is 7.22. The number of aryl methyl sites for hydroxylation is 1. The summed E-state index contributed by atoms with van der Waals surface area (Å²) in [6, 6.07) is 27.7. The lowest BCUT2D eigenvalue weighted by molar-refractivity contribution is 0.827. The summed E-state index contributed by atoms with van der Waals surface area (Å²) in [4.78, 5) is 10.2. The van der Waals surface area contributed by atoms with Crippen molar-refractivity contribution in [3.63, 3.8) is 0 Å². The first-order valence-corrected chi connectivity index (χ1v) is 11.2. The van der Waals surface area contributed by atoms with E-state index in [9.17, 15) is 0 Å². The smallest absolute Gasteiger partial charge is 0.151 e. The third-order valence-electron chi connectivity index (χ3n) is 5.72. The molecule has 6 rings (SSSR count). The lowest BCUT2D eigenvalue weighted by Gasteiger charge is -2.07. The van der Waals surface area contributed by atoms with Crippen LogP contribution in [0.5, 0.6) is 0 Å². The Balaban J connectivity index is 1.45. The third-order valence-corrected chi connectivity index (χ3v) is 6.90. The van der Waals surface area contributed by atoms with Gasteiger partial charge >= 0.3 is 0 Å². The summed E-state index contributed by atoms with van der Waals surface area (Å²) in [5.74, 6) is 0.843. The molecule has 0 amide bonds. The maximum Gasteiger partial charge on any atom is 0.151 e. The minimum absolute atomic E-state index is 0.843. The molecule has 0 aliphatic rings. The normalized spacial score (nSPS) is 11.5. The number of fused-ring (bicyclic) bond motifs is 4. The highest BCUT2D eigenvalue weighted by atomic mass is 32.1. The Morgan fingerprint density at radius 2 is 1.65 bits per heavy atom. The van der Waals surface area contributed by atoms with E-state index in [1.807, 2.05) is 6.07 Å². The molecule has 0 radical (unpaired) electrons. The maximum atomic E-state index is 4.56. The number of thiophene rings is 1. The van der Waals surface area contributed by atoms with Crippen molar-refractivity contribution in [2.75, 3.05) is 5.32 Å². The van der Waals surface area contributed by atoms with E-state index in [0.717, 1.165) is 28.3 Å². The molecule has 0 bridgehead atoms. The Bertz CT molecular complexity index is 1550. The van der Waals surface area contributed by atoms with Gasteiger partial charge < -0.3 is 9.88 Å². The van der Waals surface area contributed by atoms with Crippen LogP contribution in [0, 0.1) is 0 Å². The van der Waals surface area contributed by atoms with Crippen LogP contribution in [0.1, 0.15) is 6.92 Å². The number of aromatic nitrogens is 3. The van der Waals surface area contributed by atoms with Gasteiger partial charge in [0, 0.05) is 38.9 Å². The van der Waals surface area contributed by atoms with Crippen LogP contribution >= 0.6 is 11.3 Å². The van der Waals surface area contributed by atoms with E-state index in [-0.39, 0.29) is 0 Å². The fourth-order valence-electron chi connectivity index (χ4n) is 4.30. The van der Waals surface area contributed by atoms with Gasteiger partial charge in [0.1, 0.15) is 6.33 Å². The van der Waals surface area contributed by atoms with Gasteiger partial charge in [0.25, 0.3) is 0 Å². The summed E-state index contributed by atoms with van der Waals surface area (Å²) in [6.07, 6.45) is 1.63. The molecule has 150 valence electrons. The van der Waals surface area contributed by atoms with Gasteiger partial charge in [0.15, 0.2) is 5.82 Å². The van der Waals surface area contributed by atoms with E-state index >= 15 is 0 Å². The number of anilines is 2. The molecule has 0 atom stereocenters. The van der Waals surface area contributed by atoms with Crippen LogP contribution < -0.4 is 5.32 Å². The number of nitrogens with zero attached hydrogens (tertiary/aromatic N) is 3. The Hall–Kier alpha value is -3.70. The minimum atomic E-state index is 0.843. The van der Waals surface area contributed by atoms with Crippen LogP contribution in [0.3, 0.4) is 0 Å². The molecule has 3 aromatic heterocycles. The molecule has 0 saturated heterocycles. The second kappa shape index (κ2) is 7.22. The molecule has 6 aromatic rings. The van der Waals surface area contributed by atoms with Crippen LogP contribution in [-0.2, 0) is 6.54 Å². The van der Waals surface area contributed by atoms with Crippen LogP contribution in [0.25, 0.3) is 42.5 Å². The summed E-state index contributed by atoms with van der Waals surface area (Å²) in [7, 11) is 0. The first-order valence-electron chi connectivity index (χ1n) is 10.4. The van der Waals surface area contributed by atoms with Crippen molar-refractivity contribution in [2.45, 2.75) is 13.5 Å². The van der Waals surface area contributed by atoms with Gasteiger partial charge in [-0.15, -0.1) is 11.3 Å². The standard InChI is InChI=1S/C26H20N4S/c1-2-30-22-11-7-6-10-19(22)20-14-18(12-13-23(20)30)29-26-25-21(27-16-28-26)15-24(31-25)17-8-4-3-5-9-17/h3-16H,2H2,1H3,(H,27,28,29). The van der Waals surface area contributed by atoms with Crippen LogP contribution in [-0.4, -0.2) is 14.5 Å². The maximum absolute atomic E-state index is 4.56. The van der Waals surface area contributed by atoms with Crippen molar-refractivity contribution in [1.29, 1.82) is 0 Å². The quantitative estimate of drug-likeness (QED) is 0.327. The predicted molar refractivity (Wildman–Crippen MR) is 131 cm³/mol. The molecule has 0 saturated carbocycles. The fraction of sp³-hybridized carbons (Fsp3) is 0.0769. The summed E-state index contributed by atoms with van der Waals surface area (Å²) >= 11 is 1.72. The summed E-state index contributed by atoms with van der Waals surface area (Å²) in [5.41, 5.74) is 5.72. The zero-order chi connectivity index (χ0) is 20.8. The number of para-hydroxylation sites is 1. The van der Waals surface area contributed by atoms with Gasteiger partial charge in [-0.1, -0.05) is 48.5 Å². The molecule has 1 N–H and O–H groups in total. The average Bonchev–Trinajstić information content (AvgIpc) is 3.39. The van der Waals surface area contributed by atoms with Gasteiger partial charge in [-0.3, -0.25) is 0 Å². The molecule has 0 spiro atoms.